The molecule has 1 aliphatic rings. The maximum absolute atomic E-state index is 13.1. The van der Waals surface area contributed by atoms with E-state index in [0.717, 1.165) is 24.0 Å². The van der Waals surface area contributed by atoms with E-state index in [1.54, 1.807) is 25.3 Å². The van der Waals surface area contributed by atoms with E-state index in [-0.39, 0.29) is 5.92 Å². The molecule has 0 amide bonds. The zero-order valence-electron chi connectivity index (χ0n) is 18.4. The summed E-state index contributed by atoms with van der Waals surface area (Å²) in [6.07, 6.45) is 1.51. The maximum atomic E-state index is 13.1. The number of ether oxygens (including phenoxy) is 2. The summed E-state index contributed by atoms with van der Waals surface area (Å²) in [5.41, 5.74) is 1.75. The highest BCUT2D eigenvalue weighted by Gasteiger charge is 2.33. The highest BCUT2D eigenvalue weighted by atomic mass is 32.2. The lowest BCUT2D eigenvalue weighted by atomic mass is 10.00. The molecule has 1 saturated heterocycles. The van der Waals surface area contributed by atoms with Crippen molar-refractivity contribution in [1.29, 1.82) is 0 Å². The molecule has 1 aliphatic heterocycles. The zero-order valence-corrected chi connectivity index (χ0v) is 19.3. The normalized spacial score (nSPS) is 17.3. The van der Waals surface area contributed by atoms with E-state index in [1.807, 2.05) is 38.1 Å². The van der Waals surface area contributed by atoms with E-state index < -0.39 is 10.0 Å². The molecule has 1 aromatic heterocycles. The Morgan fingerprint density at radius 3 is 2.66 bits per heavy atom. The van der Waals surface area contributed by atoms with Crippen molar-refractivity contribution in [2.24, 2.45) is 0 Å². The largest absolute Gasteiger partial charge is 0.493 e. The number of aryl methyl sites for hydroxylation is 1. The molecule has 4 rings (SSSR count). The van der Waals surface area contributed by atoms with Gasteiger partial charge in [0.2, 0.25) is 21.7 Å². The summed E-state index contributed by atoms with van der Waals surface area (Å²) in [5.74, 6) is 1.95. The van der Waals surface area contributed by atoms with Crippen LogP contribution in [0.3, 0.4) is 0 Å². The summed E-state index contributed by atoms with van der Waals surface area (Å²) >= 11 is 0. The first-order valence-corrected chi connectivity index (χ1v) is 12.1. The summed E-state index contributed by atoms with van der Waals surface area (Å²) in [6.45, 7) is 5.16. The number of piperidine rings is 1. The van der Waals surface area contributed by atoms with E-state index in [4.69, 9.17) is 14.0 Å². The summed E-state index contributed by atoms with van der Waals surface area (Å²) in [7, 11) is -1.99. The van der Waals surface area contributed by atoms with Crippen molar-refractivity contribution in [3.05, 3.63) is 53.9 Å². The molecule has 0 unspecified atom stereocenters. The smallest absolute Gasteiger partial charge is 0.243 e. The quantitative estimate of drug-likeness (QED) is 0.529. The number of aromatic nitrogens is 2. The van der Waals surface area contributed by atoms with Crippen molar-refractivity contribution in [1.82, 2.24) is 14.4 Å². The first-order valence-electron chi connectivity index (χ1n) is 10.6. The Kier molecular flexibility index (Phi) is 6.48. The van der Waals surface area contributed by atoms with Gasteiger partial charge in [-0.25, -0.2) is 8.42 Å². The predicted octanol–water partition coefficient (Wildman–Crippen LogP) is 4.02. The van der Waals surface area contributed by atoms with Crippen molar-refractivity contribution in [3.63, 3.8) is 0 Å². The van der Waals surface area contributed by atoms with E-state index in [2.05, 4.69) is 10.1 Å². The Hall–Kier alpha value is -2.91. The third-order valence-corrected chi connectivity index (χ3v) is 7.43. The van der Waals surface area contributed by atoms with Gasteiger partial charge < -0.3 is 14.0 Å². The predicted molar refractivity (Wildman–Crippen MR) is 119 cm³/mol. The van der Waals surface area contributed by atoms with Gasteiger partial charge in [0.25, 0.3) is 0 Å². The van der Waals surface area contributed by atoms with Gasteiger partial charge in [0, 0.05) is 18.7 Å². The van der Waals surface area contributed by atoms with Gasteiger partial charge in [0.15, 0.2) is 11.5 Å². The standard InChI is InChI=1S/C23H27N3O5S/c1-4-30-20-12-9-17(14-21(20)29-3)22-24-23(31-25-22)18-6-5-13-26(15-18)32(27,28)19-10-7-16(2)8-11-19/h7-12,14,18H,4-6,13,15H2,1-3H3/t18-/m1/s1. The van der Waals surface area contributed by atoms with Crippen LogP contribution in [0.1, 0.15) is 37.1 Å². The lowest BCUT2D eigenvalue weighted by Gasteiger charge is -2.30. The minimum atomic E-state index is -3.57. The minimum absolute atomic E-state index is 0.158. The Bertz CT molecular complexity index is 1170. The summed E-state index contributed by atoms with van der Waals surface area (Å²) < 4.78 is 44.2. The van der Waals surface area contributed by atoms with Crippen LogP contribution in [-0.4, -0.2) is 49.7 Å². The third kappa shape index (κ3) is 4.49. The second kappa shape index (κ2) is 9.30. The van der Waals surface area contributed by atoms with Crippen LogP contribution in [0.25, 0.3) is 11.4 Å². The zero-order chi connectivity index (χ0) is 22.7. The molecule has 2 heterocycles. The summed E-state index contributed by atoms with van der Waals surface area (Å²) in [4.78, 5) is 4.86. The minimum Gasteiger partial charge on any atom is -0.493 e. The van der Waals surface area contributed by atoms with E-state index in [9.17, 15) is 8.42 Å². The maximum Gasteiger partial charge on any atom is 0.243 e. The average molecular weight is 458 g/mol. The molecule has 0 spiro atoms. The average Bonchev–Trinajstić information content (AvgIpc) is 3.30. The van der Waals surface area contributed by atoms with Crippen LogP contribution < -0.4 is 9.47 Å². The SMILES string of the molecule is CCOc1ccc(-c2noc([C@@H]3CCCN(S(=O)(=O)c4ccc(C)cc4)C3)n2)cc1OC. The molecule has 9 heteroatoms. The molecular formula is C23H27N3O5S. The molecule has 2 aromatic carbocycles. The van der Waals surface area contributed by atoms with Gasteiger partial charge in [-0.1, -0.05) is 22.9 Å². The number of hydrogen-bond donors (Lipinski definition) is 0. The van der Waals surface area contributed by atoms with Gasteiger partial charge in [-0.3, -0.25) is 0 Å². The lowest BCUT2D eigenvalue weighted by Crippen LogP contribution is -2.39. The van der Waals surface area contributed by atoms with Crippen LogP contribution in [0, 0.1) is 6.92 Å². The second-order valence-corrected chi connectivity index (χ2v) is 9.71. The number of rotatable bonds is 7. The van der Waals surface area contributed by atoms with Crippen LogP contribution in [0.15, 0.2) is 51.9 Å². The Balaban J connectivity index is 1.54. The molecule has 1 fully saturated rings. The number of benzene rings is 2. The van der Waals surface area contributed by atoms with Crippen LogP contribution in [-0.2, 0) is 10.0 Å². The summed E-state index contributed by atoms with van der Waals surface area (Å²) in [6, 6.07) is 12.4. The molecule has 8 nitrogen and oxygen atoms in total. The molecule has 0 radical (unpaired) electrons. The van der Waals surface area contributed by atoms with Crippen molar-refractivity contribution in [3.8, 4) is 22.9 Å². The topological polar surface area (TPSA) is 94.8 Å². The van der Waals surface area contributed by atoms with Crippen LogP contribution in [0.4, 0.5) is 0 Å². The second-order valence-electron chi connectivity index (χ2n) is 7.77. The molecule has 0 aliphatic carbocycles. The molecular weight excluding hydrogens is 430 g/mol. The fourth-order valence-corrected chi connectivity index (χ4v) is 5.35. The number of nitrogens with zero attached hydrogens (tertiary/aromatic N) is 3. The van der Waals surface area contributed by atoms with Gasteiger partial charge in [-0.05, 0) is 57.0 Å². The van der Waals surface area contributed by atoms with Gasteiger partial charge in [-0.15, -0.1) is 0 Å². The lowest BCUT2D eigenvalue weighted by molar-refractivity contribution is 0.265. The molecule has 0 saturated carbocycles. The first-order chi connectivity index (χ1) is 15.4. The molecule has 1 atom stereocenters. The van der Waals surface area contributed by atoms with Crippen molar-refractivity contribution >= 4 is 10.0 Å². The fraction of sp³-hybridized carbons (Fsp3) is 0.391. The number of hydrogen-bond acceptors (Lipinski definition) is 7. The van der Waals surface area contributed by atoms with Gasteiger partial charge >= 0.3 is 0 Å². The van der Waals surface area contributed by atoms with E-state index in [1.165, 1.54) is 4.31 Å². The Morgan fingerprint density at radius 1 is 1.16 bits per heavy atom. The van der Waals surface area contributed by atoms with Gasteiger partial charge in [0.05, 0.1) is 24.5 Å². The third-order valence-electron chi connectivity index (χ3n) is 5.56. The molecule has 3 aromatic rings. The van der Waals surface area contributed by atoms with Gasteiger partial charge in [0.1, 0.15) is 0 Å². The van der Waals surface area contributed by atoms with Crippen LogP contribution >= 0.6 is 0 Å². The highest BCUT2D eigenvalue weighted by molar-refractivity contribution is 7.89. The van der Waals surface area contributed by atoms with Crippen LogP contribution in [0.2, 0.25) is 0 Å². The number of sulfonamides is 1. The first kappa shape index (κ1) is 22.3. The van der Waals surface area contributed by atoms with E-state index >= 15 is 0 Å². The number of methoxy groups -OCH3 is 1. The van der Waals surface area contributed by atoms with Gasteiger partial charge in [-0.2, -0.15) is 9.29 Å². The highest BCUT2D eigenvalue weighted by Crippen LogP contribution is 2.34. The Morgan fingerprint density at radius 2 is 1.94 bits per heavy atom. The van der Waals surface area contributed by atoms with Crippen molar-refractivity contribution in [2.45, 2.75) is 37.5 Å². The fourth-order valence-electron chi connectivity index (χ4n) is 3.82. The molecule has 0 N–H and O–H groups in total. The van der Waals surface area contributed by atoms with Crippen molar-refractivity contribution < 1.29 is 22.4 Å². The van der Waals surface area contributed by atoms with E-state index in [0.29, 0.717) is 47.8 Å². The monoisotopic (exact) mass is 457 g/mol. The Labute approximate surface area is 188 Å². The molecule has 170 valence electrons. The van der Waals surface area contributed by atoms with Crippen molar-refractivity contribution in [2.75, 3.05) is 26.8 Å². The van der Waals surface area contributed by atoms with Crippen LogP contribution in [0.5, 0.6) is 11.5 Å². The molecule has 32 heavy (non-hydrogen) atoms. The summed E-state index contributed by atoms with van der Waals surface area (Å²) in [5, 5.41) is 4.12. The molecule has 0 bridgehead atoms.